The Kier molecular flexibility index (Phi) is 5.90. The summed E-state index contributed by atoms with van der Waals surface area (Å²) in [5.41, 5.74) is 1.49. The van der Waals surface area contributed by atoms with E-state index in [1.54, 1.807) is 0 Å². The van der Waals surface area contributed by atoms with Crippen LogP contribution < -0.4 is 10.6 Å². The van der Waals surface area contributed by atoms with Gasteiger partial charge in [-0.25, -0.2) is 9.48 Å². The summed E-state index contributed by atoms with van der Waals surface area (Å²) in [5.74, 6) is 0.523. The highest BCUT2D eigenvalue weighted by Crippen LogP contribution is 2.35. The van der Waals surface area contributed by atoms with Gasteiger partial charge in [0.15, 0.2) is 0 Å². The summed E-state index contributed by atoms with van der Waals surface area (Å²) in [6.45, 7) is 6.97. The number of amides is 3. The number of rotatable bonds is 7. The van der Waals surface area contributed by atoms with Crippen LogP contribution in [0.2, 0.25) is 0 Å². The summed E-state index contributed by atoms with van der Waals surface area (Å²) in [7, 11) is 0. The fourth-order valence-electron chi connectivity index (χ4n) is 4.69. The van der Waals surface area contributed by atoms with Crippen LogP contribution in [0.1, 0.15) is 45.1 Å². The lowest BCUT2D eigenvalue weighted by atomic mass is 9.74. The zero-order chi connectivity index (χ0) is 21.1. The highest BCUT2D eigenvalue weighted by Gasteiger charge is 2.51. The Labute approximate surface area is 177 Å². The van der Waals surface area contributed by atoms with Gasteiger partial charge in [0.1, 0.15) is 5.54 Å². The first-order valence-electron chi connectivity index (χ1n) is 10.9. The first kappa shape index (κ1) is 20.6. The number of imide groups is 1. The van der Waals surface area contributed by atoms with Crippen LogP contribution in [0.15, 0.2) is 42.7 Å². The minimum atomic E-state index is -0.744. The van der Waals surface area contributed by atoms with Crippen molar-refractivity contribution in [3.8, 4) is 5.69 Å². The summed E-state index contributed by atoms with van der Waals surface area (Å²) in [6, 6.07) is 9.75. The van der Waals surface area contributed by atoms with Crippen LogP contribution in [0.5, 0.6) is 0 Å². The van der Waals surface area contributed by atoms with Gasteiger partial charge in [-0.15, -0.1) is 0 Å². The molecule has 1 atom stereocenters. The Bertz CT molecular complexity index is 886. The molecule has 30 heavy (non-hydrogen) atoms. The minimum Gasteiger partial charge on any atom is -0.323 e. The number of hydrogen-bond acceptors (Lipinski definition) is 4. The quantitative estimate of drug-likeness (QED) is 0.689. The van der Waals surface area contributed by atoms with E-state index in [-0.39, 0.29) is 17.9 Å². The smallest absolute Gasteiger partial charge is 0.322 e. The number of likely N-dealkylation sites (tertiary alicyclic amines) is 1. The van der Waals surface area contributed by atoms with Gasteiger partial charge in [-0.05, 0) is 62.7 Å². The van der Waals surface area contributed by atoms with E-state index in [0.717, 1.165) is 44.6 Å². The lowest BCUT2D eigenvalue weighted by molar-refractivity contribution is -0.127. The maximum atomic E-state index is 12.7. The van der Waals surface area contributed by atoms with E-state index in [2.05, 4.69) is 40.7 Å². The number of hydrogen-bond donors (Lipinski definition) is 2. The molecule has 1 unspecified atom stereocenters. The van der Waals surface area contributed by atoms with Crippen LogP contribution in [0, 0.1) is 11.8 Å². The molecular weight excluding hydrogens is 378 g/mol. The summed E-state index contributed by atoms with van der Waals surface area (Å²) in [5, 5.41) is 9.97. The number of para-hydroxylation sites is 1. The van der Waals surface area contributed by atoms with E-state index in [1.807, 2.05) is 41.2 Å². The van der Waals surface area contributed by atoms with E-state index in [0.29, 0.717) is 12.3 Å². The molecule has 3 amide bonds. The molecule has 0 saturated carbocycles. The van der Waals surface area contributed by atoms with Crippen molar-refractivity contribution in [1.29, 1.82) is 0 Å². The van der Waals surface area contributed by atoms with Gasteiger partial charge >= 0.3 is 6.03 Å². The van der Waals surface area contributed by atoms with Crippen molar-refractivity contribution < 1.29 is 9.59 Å². The molecule has 160 valence electrons. The second-order valence-corrected chi connectivity index (χ2v) is 8.99. The maximum absolute atomic E-state index is 12.7. The summed E-state index contributed by atoms with van der Waals surface area (Å²) in [4.78, 5) is 27.0. The molecular formula is C23H31N5O2. The molecule has 1 aromatic heterocycles. The fraction of sp³-hybridized carbons (Fsp3) is 0.522. The number of carbonyl (C=O) groups excluding carboxylic acids is 2. The Morgan fingerprint density at radius 2 is 1.90 bits per heavy atom. The van der Waals surface area contributed by atoms with E-state index in [4.69, 9.17) is 0 Å². The average molecular weight is 410 g/mol. The third kappa shape index (κ3) is 4.26. The van der Waals surface area contributed by atoms with Crippen molar-refractivity contribution in [1.82, 2.24) is 25.3 Å². The Morgan fingerprint density at radius 1 is 1.17 bits per heavy atom. The van der Waals surface area contributed by atoms with Crippen molar-refractivity contribution in [2.45, 2.75) is 51.6 Å². The third-order valence-corrected chi connectivity index (χ3v) is 6.43. The molecule has 2 aliphatic rings. The molecule has 3 heterocycles. The summed E-state index contributed by atoms with van der Waals surface area (Å²) < 4.78 is 1.90. The molecule has 0 radical (unpaired) electrons. The Balaban J connectivity index is 1.38. The van der Waals surface area contributed by atoms with Gasteiger partial charge in [0.25, 0.3) is 5.91 Å². The lowest BCUT2D eigenvalue weighted by Gasteiger charge is -2.41. The number of benzene rings is 1. The molecule has 2 N–H and O–H groups in total. The number of aromatic nitrogens is 2. The number of urea groups is 1. The van der Waals surface area contributed by atoms with Gasteiger partial charge in [-0.3, -0.25) is 15.0 Å². The number of nitrogens with one attached hydrogen (secondary N) is 2. The molecule has 2 saturated heterocycles. The highest BCUT2D eigenvalue weighted by molar-refractivity contribution is 6.07. The Hall–Kier alpha value is -2.67. The van der Waals surface area contributed by atoms with E-state index >= 15 is 0 Å². The molecule has 2 fully saturated rings. The van der Waals surface area contributed by atoms with E-state index in [1.165, 1.54) is 5.56 Å². The van der Waals surface area contributed by atoms with Gasteiger partial charge in [-0.1, -0.05) is 32.0 Å². The zero-order valence-corrected chi connectivity index (χ0v) is 17.8. The van der Waals surface area contributed by atoms with Crippen LogP contribution in [0.3, 0.4) is 0 Å². The van der Waals surface area contributed by atoms with Gasteiger partial charge in [-0.2, -0.15) is 5.10 Å². The third-order valence-electron chi connectivity index (χ3n) is 6.43. The normalized spacial score (nSPS) is 23.0. The Morgan fingerprint density at radius 3 is 2.53 bits per heavy atom. The van der Waals surface area contributed by atoms with Crippen molar-refractivity contribution in [2.24, 2.45) is 11.8 Å². The van der Waals surface area contributed by atoms with Crippen LogP contribution in [-0.4, -0.2) is 45.2 Å². The topological polar surface area (TPSA) is 79.3 Å². The van der Waals surface area contributed by atoms with Crippen molar-refractivity contribution in [2.75, 3.05) is 13.1 Å². The molecule has 0 spiro atoms. The molecule has 4 rings (SSSR count). The largest absolute Gasteiger partial charge is 0.323 e. The van der Waals surface area contributed by atoms with Crippen LogP contribution >= 0.6 is 0 Å². The SMILES string of the molecule is CC(C)CCC1(C2CCN(Cc3cnn(-c4ccccc4)c3)CC2)NC(=O)NC1=O. The molecule has 0 bridgehead atoms. The summed E-state index contributed by atoms with van der Waals surface area (Å²) >= 11 is 0. The summed E-state index contributed by atoms with van der Waals surface area (Å²) in [6.07, 6.45) is 7.44. The number of piperidine rings is 1. The monoisotopic (exact) mass is 409 g/mol. The standard InChI is InChI=1S/C23H31N5O2/c1-17(2)8-11-23(21(29)25-22(30)26-23)19-9-12-27(13-10-19)15-18-14-24-28(16-18)20-6-4-3-5-7-20/h3-7,14,16-17,19H,8-13,15H2,1-2H3,(H2,25,26,29,30). The maximum Gasteiger partial charge on any atom is 0.322 e. The second kappa shape index (κ2) is 8.60. The van der Waals surface area contributed by atoms with Crippen molar-refractivity contribution in [3.63, 3.8) is 0 Å². The number of nitrogens with zero attached hydrogens (tertiary/aromatic N) is 3. The highest BCUT2D eigenvalue weighted by atomic mass is 16.2. The van der Waals surface area contributed by atoms with Crippen LogP contribution in [0.4, 0.5) is 4.79 Å². The molecule has 7 nitrogen and oxygen atoms in total. The molecule has 2 aliphatic heterocycles. The van der Waals surface area contributed by atoms with Crippen LogP contribution in [0.25, 0.3) is 5.69 Å². The van der Waals surface area contributed by atoms with Gasteiger partial charge < -0.3 is 5.32 Å². The first-order chi connectivity index (χ1) is 14.5. The van der Waals surface area contributed by atoms with Gasteiger partial charge in [0.05, 0.1) is 11.9 Å². The fourth-order valence-corrected chi connectivity index (χ4v) is 4.69. The predicted molar refractivity (Wildman–Crippen MR) is 115 cm³/mol. The predicted octanol–water partition coefficient (Wildman–Crippen LogP) is 3.10. The van der Waals surface area contributed by atoms with Crippen molar-refractivity contribution >= 4 is 11.9 Å². The van der Waals surface area contributed by atoms with Crippen molar-refractivity contribution in [3.05, 3.63) is 48.3 Å². The van der Waals surface area contributed by atoms with Gasteiger partial charge in [0, 0.05) is 18.3 Å². The lowest BCUT2D eigenvalue weighted by Crippen LogP contribution is -2.56. The molecule has 0 aliphatic carbocycles. The van der Waals surface area contributed by atoms with E-state index in [9.17, 15) is 9.59 Å². The second-order valence-electron chi connectivity index (χ2n) is 8.99. The number of carbonyl (C=O) groups is 2. The van der Waals surface area contributed by atoms with E-state index < -0.39 is 5.54 Å². The molecule has 7 heteroatoms. The molecule has 1 aromatic carbocycles. The average Bonchev–Trinajstić information content (AvgIpc) is 3.32. The van der Waals surface area contributed by atoms with Gasteiger partial charge in [0.2, 0.25) is 0 Å². The minimum absolute atomic E-state index is 0.143. The zero-order valence-electron chi connectivity index (χ0n) is 17.8. The first-order valence-corrected chi connectivity index (χ1v) is 10.9. The molecule has 2 aromatic rings. The van der Waals surface area contributed by atoms with Crippen LogP contribution in [-0.2, 0) is 11.3 Å².